The second kappa shape index (κ2) is 10.4. The van der Waals surface area contributed by atoms with Gasteiger partial charge in [-0.2, -0.15) is 0 Å². The molecule has 0 saturated carbocycles. The summed E-state index contributed by atoms with van der Waals surface area (Å²) in [7, 11) is 0. The molecule has 1 saturated heterocycles. The van der Waals surface area contributed by atoms with Crippen LogP contribution in [-0.4, -0.2) is 25.0 Å². The summed E-state index contributed by atoms with van der Waals surface area (Å²) >= 11 is 6.14. The molecule has 1 atom stereocenters. The Balaban J connectivity index is 0.00000243. The summed E-state index contributed by atoms with van der Waals surface area (Å²) < 4.78 is 5.81. The first kappa shape index (κ1) is 20.6. The molecule has 6 heteroatoms. The highest BCUT2D eigenvalue weighted by atomic mass is 35.5. The number of amides is 1. The lowest BCUT2D eigenvalue weighted by molar-refractivity contribution is -0.120. The van der Waals surface area contributed by atoms with Gasteiger partial charge in [-0.15, -0.1) is 12.4 Å². The number of carbonyl (C=O) groups excluding carboxylic acids is 1. The van der Waals surface area contributed by atoms with Gasteiger partial charge in [0.15, 0.2) is 0 Å². The molecule has 1 aliphatic rings. The molecule has 0 aliphatic carbocycles. The highest BCUT2D eigenvalue weighted by molar-refractivity contribution is 6.31. The van der Waals surface area contributed by atoms with Crippen LogP contribution in [-0.2, 0) is 17.8 Å². The minimum Gasteiger partial charge on any atom is -0.489 e. The van der Waals surface area contributed by atoms with Gasteiger partial charge in [0.25, 0.3) is 0 Å². The van der Waals surface area contributed by atoms with E-state index in [0.717, 1.165) is 29.8 Å². The largest absolute Gasteiger partial charge is 0.489 e. The summed E-state index contributed by atoms with van der Waals surface area (Å²) in [6, 6.07) is 15.7. The summed E-state index contributed by atoms with van der Waals surface area (Å²) in [6.07, 6.45) is 2.67. The summed E-state index contributed by atoms with van der Waals surface area (Å²) in [4.78, 5) is 12.1. The number of hydrogen-bond acceptors (Lipinski definition) is 3. The molecule has 140 valence electrons. The minimum atomic E-state index is 0. The average Bonchev–Trinajstić information content (AvgIpc) is 3.13. The van der Waals surface area contributed by atoms with Crippen molar-refractivity contribution in [2.45, 2.75) is 31.9 Å². The molecular weight excluding hydrogens is 371 g/mol. The van der Waals surface area contributed by atoms with E-state index in [0.29, 0.717) is 30.6 Å². The molecule has 0 spiro atoms. The molecule has 2 aromatic rings. The number of nitrogens with one attached hydrogen (secondary N) is 2. The average molecular weight is 395 g/mol. The molecule has 1 amide bonds. The maximum absolute atomic E-state index is 12.1. The highest BCUT2D eigenvalue weighted by Crippen LogP contribution is 2.19. The van der Waals surface area contributed by atoms with Crippen LogP contribution in [0, 0.1) is 0 Å². The van der Waals surface area contributed by atoms with Gasteiger partial charge in [-0.25, -0.2) is 0 Å². The van der Waals surface area contributed by atoms with Crippen molar-refractivity contribution >= 4 is 29.9 Å². The molecule has 3 rings (SSSR count). The van der Waals surface area contributed by atoms with Gasteiger partial charge in [-0.05, 0) is 43.1 Å². The van der Waals surface area contributed by atoms with E-state index >= 15 is 0 Å². The maximum Gasteiger partial charge on any atom is 0.224 e. The predicted octanol–water partition coefficient (Wildman–Crippen LogP) is 3.75. The number of benzene rings is 2. The fraction of sp³-hybridized carbons (Fsp3) is 0.350. The van der Waals surface area contributed by atoms with Gasteiger partial charge >= 0.3 is 0 Å². The molecule has 2 aromatic carbocycles. The Bertz CT molecular complexity index is 718. The molecule has 0 aromatic heterocycles. The third-order valence-electron chi connectivity index (χ3n) is 4.32. The van der Waals surface area contributed by atoms with E-state index in [1.54, 1.807) is 0 Å². The van der Waals surface area contributed by atoms with Crippen molar-refractivity contribution in [3.05, 3.63) is 64.7 Å². The van der Waals surface area contributed by atoms with E-state index < -0.39 is 0 Å². The lowest BCUT2D eigenvalue weighted by Crippen LogP contribution is -2.37. The Morgan fingerprint density at radius 3 is 2.85 bits per heavy atom. The number of halogens is 2. The van der Waals surface area contributed by atoms with Crippen LogP contribution < -0.4 is 15.4 Å². The van der Waals surface area contributed by atoms with Gasteiger partial charge in [0.2, 0.25) is 5.91 Å². The molecule has 4 nitrogen and oxygen atoms in total. The van der Waals surface area contributed by atoms with E-state index in [-0.39, 0.29) is 18.3 Å². The normalized spacial score (nSPS) is 16.0. The van der Waals surface area contributed by atoms with Crippen LogP contribution in [0.2, 0.25) is 5.02 Å². The van der Waals surface area contributed by atoms with Crippen LogP contribution in [0.4, 0.5) is 0 Å². The van der Waals surface area contributed by atoms with Crippen molar-refractivity contribution in [3.63, 3.8) is 0 Å². The maximum atomic E-state index is 12.1. The first-order valence-corrected chi connectivity index (χ1v) is 9.04. The van der Waals surface area contributed by atoms with Crippen molar-refractivity contribution < 1.29 is 9.53 Å². The van der Waals surface area contributed by atoms with Gasteiger partial charge in [-0.3, -0.25) is 4.79 Å². The zero-order chi connectivity index (χ0) is 17.5. The number of hydrogen-bond donors (Lipinski definition) is 2. The summed E-state index contributed by atoms with van der Waals surface area (Å²) in [5, 5.41) is 7.07. The zero-order valence-electron chi connectivity index (χ0n) is 14.5. The van der Waals surface area contributed by atoms with Crippen LogP contribution >= 0.6 is 24.0 Å². The third kappa shape index (κ3) is 6.20. The van der Waals surface area contributed by atoms with Crippen molar-refractivity contribution in [3.8, 4) is 5.75 Å². The fourth-order valence-corrected chi connectivity index (χ4v) is 3.13. The Labute approximate surface area is 165 Å². The Kier molecular flexibility index (Phi) is 8.23. The van der Waals surface area contributed by atoms with E-state index in [1.807, 2.05) is 48.5 Å². The zero-order valence-corrected chi connectivity index (χ0v) is 16.1. The first-order valence-electron chi connectivity index (χ1n) is 8.66. The molecule has 1 fully saturated rings. The topological polar surface area (TPSA) is 50.4 Å². The molecule has 0 radical (unpaired) electrons. The van der Waals surface area contributed by atoms with Gasteiger partial charge in [0.1, 0.15) is 12.4 Å². The standard InChI is InChI=1S/C20H23ClN2O2.ClH/c21-19-9-2-1-6-16(19)14-25-18-8-3-5-15(11-18)12-20(24)23-13-17-7-4-10-22-17;/h1-3,5-6,8-9,11,17,22H,4,7,10,12-14H2,(H,23,24);1H. The van der Waals surface area contributed by atoms with Crippen LogP contribution in [0.25, 0.3) is 0 Å². The van der Waals surface area contributed by atoms with E-state index in [9.17, 15) is 4.79 Å². The van der Waals surface area contributed by atoms with Crippen LogP contribution in [0.15, 0.2) is 48.5 Å². The summed E-state index contributed by atoms with van der Waals surface area (Å²) in [5.74, 6) is 0.777. The molecule has 1 unspecified atom stereocenters. The van der Waals surface area contributed by atoms with Gasteiger partial charge < -0.3 is 15.4 Å². The predicted molar refractivity (Wildman–Crippen MR) is 107 cm³/mol. The van der Waals surface area contributed by atoms with Gasteiger partial charge in [0.05, 0.1) is 6.42 Å². The quantitative estimate of drug-likeness (QED) is 0.751. The van der Waals surface area contributed by atoms with E-state index in [4.69, 9.17) is 16.3 Å². The Morgan fingerprint density at radius 1 is 1.23 bits per heavy atom. The van der Waals surface area contributed by atoms with E-state index in [2.05, 4.69) is 10.6 Å². The monoisotopic (exact) mass is 394 g/mol. The van der Waals surface area contributed by atoms with Crippen LogP contribution in [0.1, 0.15) is 24.0 Å². The van der Waals surface area contributed by atoms with E-state index in [1.165, 1.54) is 6.42 Å². The molecule has 1 aliphatic heterocycles. The van der Waals surface area contributed by atoms with Crippen molar-refractivity contribution in [2.75, 3.05) is 13.1 Å². The molecule has 26 heavy (non-hydrogen) atoms. The number of carbonyl (C=O) groups is 1. The molecule has 2 N–H and O–H groups in total. The minimum absolute atomic E-state index is 0. The Hall–Kier alpha value is -1.75. The van der Waals surface area contributed by atoms with Crippen molar-refractivity contribution in [1.29, 1.82) is 0 Å². The second-order valence-corrected chi connectivity index (χ2v) is 6.71. The molecular formula is C20H24Cl2N2O2. The lowest BCUT2D eigenvalue weighted by atomic mass is 10.1. The summed E-state index contributed by atoms with van der Waals surface area (Å²) in [6.45, 7) is 2.15. The fourth-order valence-electron chi connectivity index (χ4n) is 2.94. The van der Waals surface area contributed by atoms with Crippen LogP contribution in [0.5, 0.6) is 5.75 Å². The van der Waals surface area contributed by atoms with Gasteiger partial charge in [-0.1, -0.05) is 41.9 Å². The highest BCUT2D eigenvalue weighted by Gasteiger charge is 2.14. The Morgan fingerprint density at radius 2 is 2.08 bits per heavy atom. The third-order valence-corrected chi connectivity index (χ3v) is 4.69. The van der Waals surface area contributed by atoms with Gasteiger partial charge in [0, 0.05) is 23.2 Å². The first-order chi connectivity index (χ1) is 12.2. The molecule has 1 heterocycles. The smallest absolute Gasteiger partial charge is 0.224 e. The van der Waals surface area contributed by atoms with Crippen LogP contribution in [0.3, 0.4) is 0 Å². The number of rotatable bonds is 7. The number of ether oxygens (including phenoxy) is 1. The van der Waals surface area contributed by atoms with Crippen molar-refractivity contribution in [2.24, 2.45) is 0 Å². The lowest BCUT2D eigenvalue weighted by Gasteiger charge is -2.12. The second-order valence-electron chi connectivity index (χ2n) is 6.30. The summed E-state index contributed by atoms with van der Waals surface area (Å²) in [5.41, 5.74) is 1.88. The molecule has 0 bridgehead atoms. The van der Waals surface area contributed by atoms with Crippen molar-refractivity contribution in [1.82, 2.24) is 10.6 Å². The SMILES string of the molecule is Cl.O=C(Cc1cccc(OCc2ccccc2Cl)c1)NCC1CCCN1.